The van der Waals surface area contributed by atoms with E-state index in [1.165, 1.54) is 6.07 Å². The molecule has 0 amide bonds. The molecule has 0 N–H and O–H groups in total. The van der Waals surface area contributed by atoms with E-state index in [9.17, 15) is 14.9 Å². The van der Waals surface area contributed by atoms with Crippen LogP contribution in [0.2, 0.25) is 0 Å². The zero-order chi connectivity index (χ0) is 18.5. The third-order valence-corrected chi connectivity index (χ3v) is 4.24. The highest BCUT2D eigenvalue weighted by molar-refractivity contribution is 6.15. The van der Waals surface area contributed by atoms with Gasteiger partial charge in [-0.3, -0.25) is 14.9 Å². The smallest absolute Gasteiger partial charge is 0.276 e. The largest absolute Gasteiger partial charge is 0.494 e. The van der Waals surface area contributed by atoms with Gasteiger partial charge in [-0.1, -0.05) is 24.3 Å². The van der Waals surface area contributed by atoms with E-state index in [-0.39, 0.29) is 11.5 Å². The standard InChI is InChI=1S/C21H19NO4/c1-2-26-19-11-7-15(8-12-19)13-17-9-10-18(21(17)23)14-16-5-3-4-6-20(16)22(24)25/h3-8,11-14H,2,9-10H2,1H3/b17-13+,18-14+. The van der Waals surface area contributed by atoms with E-state index >= 15 is 0 Å². The predicted octanol–water partition coefficient (Wildman–Crippen LogP) is 4.82. The molecule has 5 heteroatoms. The third-order valence-electron chi connectivity index (χ3n) is 4.24. The third kappa shape index (κ3) is 3.88. The zero-order valence-corrected chi connectivity index (χ0v) is 14.5. The van der Waals surface area contributed by atoms with Crippen LogP contribution in [0, 0.1) is 10.1 Å². The topological polar surface area (TPSA) is 69.4 Å². The number of benzene rings is 2. The van der Waals surface area contributed by atoms with Crippen LogP contribution in [-0.2, 0) is 4.79 Å². The van der Waals surface area contributed by atoms with Crippen molar-refractivity contribution >= 4 is 23.6 Å². The summed E-state index contributed by atoms with van der Waals surface area (Å²) in [5.41, 5.74) is 2.74. The maximum absolute atomic E-state index is 12.6. The number of allylic oxidation sites excluding steroid dienone is 2. The van der Waals surface area contributed by atoms with Gasteiger partial charge in [-0.2, -0.15) is 0 Å². The molecule has 0 radical (unpaired) electrons. The van der Waals surface area contributed by atoms with Crippen LogP contribution in [0.5, 0.6) is 5.75 Å². The number of rotatable bonds is 5. The van der Waals surface area contributed by atoms with Gasteiger partial charge in [-0.15, -0.1) is 0 Å². The number of carbonyl (C=O) groups is 1. The Morgan fingerprint density at radius 2 is 1.69 bits per heavy atom. The quantitative estimate of drug-likeness (QED) is 0.441. The maximum atomic E-state index is 12.6. The summed E-state index contributed by atoms with van der Waals surface area (Å²) in [7, 11) is 0. The molecule has 0 bridgehead atoms. The first-order valence-corrected chi connectivity index (χ1v) is 8.50. The van der Waals surface area contributed by atoms with Crippen LogP contribution in [0.3, 0.4) is 0 Å². The fraction of sp³-hybridized carbons (Fsp3) is 0.190. The Morgan fingerprint density at radius 3 is 2.35 bits per heavy atom. The highest BCUT2D eigenvalue weighted by Crippen LogP contribution is 2.31. The van der Waals surface area contributed by atoms with E-state index in [0.29, 0.717) is 30.6 Å². The summed E-state index contributed by atoms with van der Waals surface area (Å²) in [6.45, 7) is 2.54. The molecule has 5 nitrogen and oxygen atoms in total. The van der Waals surface area contributed by atoms with Crippen molar-refractivity contribution in [3.05, 3.63) is 80.9 Å². The summed E-state index contributed by atoms with van der Waals surface area (Å²) in [6.07, 6.45) is 4.74. The van der Waals surface area contributed by atoms with Crippen molar-refractivity contribution in [1.82, 2.24) is 0 Å². The molecule has 0 unspecified atom stereocenters. The van der Waals surface area contributed by atoms with Gasteiger partial charge in [0.25, 0.3) is 5.69 Å². The molecule has 3 rings (SSSR count). The Labute approximate surface area is 151 Å². The molecule has 1 fully saturated rings. The monoisotopic (exact) mass is 349 g/mol. The van der Waals surface area contributed by atoms with Gasteiger partial charge in [0.2, 0.25) is 0 Å². The number of ether oxygens (including phenoxy) is 1. The van der Waals surface area contributed by atoms with Crippen LogP contribution < -0.4 is 4.74 Å². The van der Waals surface area contributed by atoms with Gasteiger partial charge in [-0.05, 0) is 55.7 Å². The second-order valence-electron chi connectivity index (χ2n) is 5.99. The summed E-state index contributed by atoms with van der Waals surface area (Å²) < 4.78 is 5.41. The lowest BCUT2D eigenvalue weighted by Crippen LogP contribution is -1.97. The molecule has 0 heterocycles. The van der Waals surface area contributed by atoms with Crippen molar-refractivity contribution < 1.29 is 14.5 Å². The zero-order valence-electron chi connectivity index (χ0n) is 14.5. The van der Waals surface area contributed by atoms with Crippen molar-refractivity contribution in [2.45, 2.75) is 19.8 Å². The van der Waals surface area contributed by atoms with Gasteiger partial charge < -0.3 is 4.74 Å². The number of ketones is 1. The average molecular weight is 349 g/mol. The van der Waals surface area contributed by atoms with Gasteiger partial charge in [0, 0.05) is 17.2 Å². The molecule has 2 aromatic rings. The molecule has 0 spiro atoms. The van der Waals surface area contributed by atoms with Crippen LogP contribution >= 0.6 is 0 Å². The van der Waals surface area contributed by atoms with Crippen molar-refractivity contribution in [3.63, 3.8) is 0 Å². The van der Waals surface area contributed by atoms with E-state index in [1.54, 1.807) is 24.3 Å². The van der Waals surface area contributed by atoms with E-state index in [4.69, 9.17) is 4.74 Å². The van der Waals surface area contributed by atoms with Crippen molar-refractivity contribution in [2.24, 2.45) is 0 Å². The van der Waals surface area contributed by atoms with E-state index in [0.717, 1.165) is 16.9 Å². The molecule has 132 valence electrons. The van der Waals surface area contributed by atoms with Gasteiger partial charge in [0.1, 0.15) is 5.75 Å². The summed E-state index contributed by atoms with van der Waals surface area (Å²) in [6, 6.07) is 14.0. The van der Waals surface area contributed by atoms with Crippen LogP contribution in [0.15, 0.2) is 59.7 Å². The van der Waals surface area contributed by atoms with E-state index < -0.39 is 4.92 Å². The molecule has 1 aliphatic rings. The van der Waals surface area contributed by atoms with Gasteiger partial charge in [0.15, 0.2) is 5.78 Å². The normalized spacial score (nSPS) is 17.0. The fourth-order valence-corrected chi connectivity index (χ4v) is 2.97. The van der Waals surface area contributed by atoms with Crippen LogP contribution in [-0.4, -0.2) is 17.3 Å². The maximum Gasteiger partial charge on any atom is 0.276 e. The molecular weight excluding hydrogens is 330 g/mol. The highest BCUT2D eigenvalue weighted by Gasteiger charge is 2.24. The lowest BCUT2D eigenvalue weighted by Gasteiger charge is -2.03. The molecule has 0 atom stereocenters. The van der Waals surface area contributed by atoms with Crippen molar-refractivity contribution in [2.75, 3.05) is 6.61 Å². The summed E-state index contributed by atoms with van der Waals surface area (Å²) in [5, 5.41) is 11.1. The summed E-state index contributed by atoms with van der Waals surface area (Å²) in [5.74, 6) is 0.751. The molecule has 0 aliphatic heterocycles. The number of hydrogen-bond acceptors (Lipinski definition) is 4. The van der Waals surface area contributed by atoms with Gasteiger partial charge in [-0.25, -0.2) is 0 Å². The fourth-order valence-electron chi connectivity index (χ4n) is 2.97. The lowest BCUT2D eigenvalue weighted by molar-refractivity contribution is -0.385. The first kappa shape index (κ1) is 17.6. The predicted molar refractivity (Wildman–Crippen MR) is 101 cm³/mol. The Morgan fingerprint density at radius 1 is 1.04 bits per heavy atom. The molecular formula is C21H19NO4. The second-order valence-corrected chi connectivity index (χ2v) is 5.99. The number of nitro groups is 1. The summed E-state index contributed by atoms with van der Waals surface area (Å²) >= 11 is 0. The van der Waals surface area contributed by atoms with E-state index in [2.05, 4.69) is 0 Å². The van der Waals surface area contributed by atoms with Gasteiger partial charge >= 0.3 is 0 Å². The SMILES string of the molecule is CCOc1ccc(/C=C2\CC/C(=C\c3ccccc3[N+](=O)[O-])C2=O)cc1. The molecule has 0 aromatic heterocycles. The second kappa shape index (κ2) is 7.78. The molecule has 1 aliphatic carbocycles. The number of Topliss-reactive ketones (excluding diaryl/α,β-unsaturated/α-hetero) is 1. The van der Waals surface area contributed by atoms with Gasteiger partial charge in [0.05, 0.1) is 17.1 Å². The number of nitrogens with zero attached hydrogens (tertiary/aromatic N) is 1. The van der Waals surface area contributed by atoms with Crippen LogP contribution in [0.25, 0.3) is 12.2 Å². The average Bonchev–Trinajstić information content (AvgIpc) is 2.97. The van der Waals surface area contributed by atoms with Crippen molar-refractivity contribution in [1.29, 1.82) is 0 Å². The molecule has 26 heavy (non-hydrogen) atoms. The molecule has 2 aromatic carbocycles. The number of hydrogen-bond donors (Lipinski definition) is 0. The Hall–Kier alpha value is -3.21. The number of nitro benzene ring substituents is 1. The minimum atomic E-state index is -0.428. The Balaban J connectivity index is 1.83. The lowest BCUT2D eigenvalue weighted by atomic mass is 10.1. The van der Waals surface area contributed by atoms with E-state index in [1.807, 2.05) is 37.3 Å². The van der Waals surface area contributed by atoms with Crippen LogP contribution in [0.4, 0.5) is 5.69 Å². The highest BCUT2D eigenvalue weighted by atomic mass is 16.6. The Kier molecular flexibility index (Phi) is 5.27. The number of para-hydroxylation sites is 1. The molecule has 1 saturated carbocycles. The summed E-state index contributed by atoms with van der Waals surface area (Å²) in [4.78, 5) is 23.3. The van der Waals surface area contributed by atoms with Crippen LogP contribution in [0.1, 0.15) is 30.9 Å². The Bertz CT molecular complexity index is 894. The first-order valence-electron chi connectivity index (χ1n) is 8.50. The first-order chi connectivity index (χ1) is 12.6. The minimum absolute atomic E-state index is 0.0109. The molecule has 0 saturated heterocycles. The van der Waals surface area contributed by atoms with Crippen molar-refractivity contribution in [3.8, 4) is 5.75 Å². The minimum Gasteiger partial charge on any atom is -0.494 e. The number of carbonyl (C=O) groups excluding carboxylic acids is 1.